The van der Waals surface area contributed by atoms with E-state index in [0.29, 0.717) is 17.0 Å². The van der Waals surface area contributed by atoms with E-state index in [0.717, 1.165) is 22.4 Å². The molecular weight excluding hydrogens is 374 g/mol. The molecule has 0 aliphatic carbocycles. The van der Waals surface area contributed by atoms with Crippen LogP contribution in [0.15, 0.2) is 73.4 Å². The van der Waals surface area contributed by atoms with Crippen LogP contribution in [0.4, 0.5) is 11.4 Å². The Kier molecular flexibility index (Phi) is 4.74. The number of anilines is 2. The van der Waals surface area contributed by atoms with E-state index >= 15 is 0 Å². The largest absolute Gasteiger partial charge is 0.323 e. The highest BCUT2D eigenvalue weighted by atomic mass is 16.2. The van der Waals surface area contributed by atoms with Crippen molar-refractivity contribution in [2.45, 2.75) is 26.3 Å². The molecule has 0 bridgehead atoms. The molecule has 2 heterocycles. The molecule has 5 heteroatoms. The Morgan fingerprint density at radius 3 is 2.27 bits per heavy atom. The van der Waals surface area contributed by atoms with E-state index in [1.165, 1.54) is 11.8 Å². The van der Waals surface area contributed by atoms with Gasteiger partial charge in [0.2, 0.25) is 5.91 Å². The molecule has 2 amide bonds. The molecule has 30 heavy (non-hydrogen) atoms. The fourth-order valence-electron chi connectivity index (χ4n) is 4.26. The first kappa shape index (κ1) is 19.6. The summed E-state index contributed by atoms with van der Waals surface area (Å²) in [5.41, 5.74) is 3.51. The molecule has 0 saturated carbocycles. The maximum atomic E-state index is 14.0. The molecule has 1 aliphatic heterocycles. The minimum Gasteiger partial charge on any atom is -0.323 e. The second-order valence-electron chi connectivity index (χ2n) is 7.50. The molecule has 4 rings (SSSR count). The molecule has 1 atom stereocenters. The summed E-state index contributed by atoms with van der Waals surface area (Å²) < 4.78 is 0. The van der Waals surface area contributed by atoms with Gasteiger partial charge in [0.25, 0.3) is 5.91 Å². The summed E-state index contributed by atoms with van der Waals surface area (Å²) in [4.78, 5) is 32.9. The molecule has 1 aliphatic rings. The Hall–Kier alpha value is -3.73. The molecule has 1 aromatic heterocycles. The third-order valence-electron chi connectivity index (χ3n) is 5.64. The van der Waals surface area contributed by atoms with Gasteiger partial charge in [0.15, 0.2) is 5.54 Å². The number of aryl methyl sites for hydroxylation is 2. The van der Waals surface area contributed by atoms with Crippen molar-refractivity contribution >= 4 is 28.8 Å². The monoisotopic (exact) mass is 397 g/mol. The predicted molar refractivity (Wildman–Crippen MR) is 119 cm³/mol. The molecule has 1 N–H and O–H groups in total. The van der Waals surface area contributed by atoms with Crippen LogP contribution >= 0.6 is 0 Å². The third-order valence-corrected chi connectivity index (χ3v) is 5.64. The van der Waals surface area contributed by atoms with E-state index in [1.807, 2.05) is 62.4 Å². The number of nitrogens with zero attached hydrogens (tertiary/aromatic N) is 2. The van der Waals surface area contributed by atoms with Gasteiger partial charge in [0, 0.05) is 24.4 Å². The summed E-state index contributed by atoms with van der Waals surface area (Å²) in [6, 6.07) is 18.6. The summed E-state index contributed by atoms with van der Waals surface area (Å²) in [6.45, 7) is 9.61. The summed E-state index contributed by atoms with van der Waals surface area (Å²) >= 11 is 0. The van der Waals surface area contributed by atoms with Gasteiger partial charge >= 0.3 is 0 Å². The fourth-order valence-corrected chi connectivity index (χ4v) is 4.26. The van der Waals surface area contributed by atoms with Crippen molar-refractivity contribution in [3.8, 4) is 0 Å². The van der Waals surface area contributed by atoms with Crippen molar-refractivity contribution in [2.24, 2.45) is 0 Å². The summed E-state index contributed by atoms with van der Waals surface area (Å²) in [5.74, 6) is -0.626. The first-order valence-corrected chi connectivity index (χ1v) is 9.77. The van der Waals surface area contributed by atoms with Gasteiger partial charge in [-0.1, -0.05) is 49.0 Å². The highest BCUT2D eigenvalue weighted by Crippen LogP contribution is 2.52. The third kappa shape index (κ3) is 2.74. The number of hydrogen-bond donors (Lipinski definition) is 1. The molecule has 150 valence electrons. The molecule has 0 saturated heterocycles. The summed E-state index contributed by atoms with van der Waals surface area (Å²) in [5, 5.41) is 3.08. The molecule has 0 spiro atoms. The van der Waals surface area contributed by atoms with Crippen molar-refractivity contribution in [2.75, 3.05) is 10.2 Å². The topological polar surface area (TPSA) is 62.3 Å². The molecule has 0 fully saturated rings. The maximum Gasteiger partial charge on any atom is 0.261 e. The van der Waals surface area contributed by atoms with Gasteiger partial charge in [-0.25, -0.2) is 0 Å². The van der Waals surface area contributed by atoms with Crippen LogP contribution in [-0.2, 0) is 15.1 Å². The summed E-state index contributed by atoms with van der Waals surface area (Å²) in [7, 11) is 0. The first-order valence-electron chi connectivity index (χ1n) is 9.77. The standard InChI is InChI=1S/C25H23N3O2/c1-16-10-9-11-17(2)23(16)27-24(30)25(22-14-7-8-15-26-22)18(3)20-12-5-6-13-21(20)28(25)19(4)29/h5-15H,3H2,1-2,4H3,(H,27,30). The number of carbonyl (C=O) groups excluding carboxylic acids is 2. The van der Waals surface area contributed by atoms with Gasteiger partial charge < -0.3 is 5.32 Å². The van der Waals surface area contributed by atoms with Crippen molar-refractivity contribution in [3.05, 3.63) is 95.8 Å². The van der Waals surface area contributed by atoms with Crippen LogP contribution in [0.5, 0.6) is 0 Å². The Labute approximate surface area is 176 Å². The second kappa shape index (κ2) is 7.26. The van der Waals surface area contributed by atoms with E-state index in [4.69, 9.17) is 0 Å². The van der Waals surface area contributed by atoms with Gasteiger partial charge in [-0.05, 0) is 48.7 Å². The lowest BCUT2D eigenvalue weighted by Gasteiger charge is -2.37. The Morgan fingerprint density at radius 1 is 0.967 bits per heavy atom. The molecular formula is C25H23N3O2. The zero-order valence-corrected chi connectivity index (χ0v) is 17.3. The average Bonchev–Trinajstić information content (AvgIpc) is 3.01. The van der Waals surface area contributed by atoms with Crippen LogP contribution in [0, 0.1) is 13.8 Å². The molecule has 5 nitrogen and oxygen atoms in total. The van der Waals surface area contributed by atoms with Crippen molar-refractivity contribution in [3.63, 3.8) is 0 Å². The van der Waals surface area contributed by atoms with E-state index < -0.39 is 5.54 Å². The van der Waals surface area contributed by atoms with Gasteiger partial charge in [0.05, 0.1) is 11.4 Å². The highest BCUT2D eigenvalue weighted by molar-refractivity contribution is 6.20. The number of rotatable bonds is 3. The Bertz CT molecular complexity index is 1150. The SMILES string of the molecule is C=C1c2ccccc2N(C(C)=O)C1(C(=O)Nc1c(C)cccc1C)c1ccccn1. The number of para-hydroxylation sites is 2. The fraction of sp³-hybridized carbons (Fsp3) is 0.160. The van der Waals surface area contributed by atoms with E-state index in [9.17, 15) is 9.59 Å². The minimum absolute atomic E-state index is 0.261. The number of fused-ring (bicyclic) bond motifs is 1. The maximum absolute atomic E-state index is 14.0. The van der Waals surface area contributed by atoms with Crippen molar-refractivity contribution in [1.82, 2.24) is 4.98 Å². The summed E-state index contributed by atoms with van der Waals surface area (Å²) in [6.07, 6.45) is 1.62. The zero-order chi connectivity index (χ0) is 21.5. The molecule has 2 aromatic carbocycles. The van der Waals surface area contributed by atoms with E-state index in [2.05, 4.69) is 16.9 Å². The predicted octanol–water partition coefficient (Wildman–Crippen LogP) is 4.61. The number of benzene rings is 2. The van der Waals surface area contributed by atoms with Crippen LogP contribution in [-0.4, -0.2) is 16.8 Å². The lowest BCUT2D eigenvalue weighted by Crippen LogP contribution is -2.54. The second-order valence-corrected chi connectivity index (χ2v) is 7.50. The molecule has 1 unspecified atom stereocenters. The smallest absolute Gasteiger partial charge is 0.261 e. The van der Waals surface area contributed by atoms with Crippen molar-refractivity contribution in [1.29, 1.82) is 0 Å². The van der Waals surface area contributed by atoms with Crippen LogP contribution in [0.3, 0.4) is 0 Å². The number of amides is 2. The van der Waals surface area contributed by atoms with Gasteiger partial charge in [-0.2, -0.15) is 0 Å². The zero-order valence-electron chi connectivity index (χ0n) is 17.3. The van der Waals surface area contributed by atoms with Crippen LogP contribution in [0.1, 0.15) is 29.3 Å². The number of hydrogen-bond acceptors (Lipinski definition) is 3. The number of nitrogens with one attached hydrogen (secondary N) is 1. The molecule has 0 radical (unpaired) electrons. The Morgan fingerprint density at radius 2 is 1.63 bits per heavy atom. The van der Waals surface area contributed by atoms with Crippen LogP contribution < -0.4 is 10.2 Å². The first-order chi connectivity index (χ1) is 14.4. The van der Waals surface area contributed by atoms with Crippen LogP contribution in [0.2, 0.25) is 0 Å². The number of pyridine rings is 1. The van der Waals surface area contributed by atoms with E-state index in [-0.39, 0.29) is 11.8 Å². The lowest BCUT2D eigenvalue weighted by molar-refractivity contribution is -0.124. The minimum atomic E-state index is -1.48. The number of aromatic nitrogens is 1. The van der Waals surface area contributed by atoms with Crippen molar-refractivity contribution < 1.29 is 9.59 Å². The normalized spacial score (nSPS) is 17.6. The van der Waals surface area contributed by atoms with Gasteiger partial charge in [-0.3, -0.25) is 19.5 Å². The average molecular weight is 397 g/mol. The highest BCUT2D eigenvalue weighted by Gasteiger charge is 2.56. The van der Waals surface area contributed by atoms with E-state index in [1.54, 1.807) is 18.3 Å². The Balaban J connectivity index is 1.96. The quantitative estimate of drug-likeness (QED) is 0.702. The number of carbonyl (C=O) groups is 2. The van der Waals surface area contributed by atoms with Crippen LogP contribution in [0.25, 0.3) is 5.57 Å². The van der Waals surface area contributed by atoms with Gasteiger partial charge in [-0.15, -0.1) is 0 Å². The lowest BCUT2D eigenvalue weighted by atomic mass is 9.84. The van der Waals surface area contributed by atoms with Gasteiger partial charge in [0.1, 0.15) is 0 Å². The molecule has 3 aromatic rings.